The second-order valence-electron chi connectivity index (χ2n) is 8.11. The van der Waals surface area contributed by atoms with Gasteiger partial charge < -0.3 is 15.5 Å². The molecule has 0 fully saturated rings. The van der Waals surface area contributed by atoms with Gasteiger partial charge >= 0.3 is 6.03 Å². The Balaban J connectivity index is 1.55. The number of carbonyl (C=O) groups is 2. The first-order valence-corrected chi connectivity index (χ1v) is 10.2. The summed E-state index contributed by atoms with van der Waals surface area (Å²) in [6.45, 7) is 5.85. The first-order valence-electron chi connectivity index (χ1n) is 10.2. The molecule has 2 aromatic carbocycles. The molecule has 0 bridgehead atoms. The Morgan fingerprint density at radius 2 is 1.79 bits per heavy atom. The average molecular weight is 389 g/mol. The summed E-state index contributed by atoms with van der Waals surface area (Å²) in [5, 5.41) is 0. The van der Waals surface area contributed by atoms with Gasteiger partial charge in [0.2, 0.25) is 5.91 Å². The number of carbonyl (C=O) groups excluding carboxylic acids is 2. The Hall–Kier alpha value is -3.08. The molecule has 0 saturated carbocycles. The predicted molar refractivity (Wildman–Crippen MR) is 114 cm³/mol. The van der Waals surface area contributed by atoms with Crippen molar-refractivity contribution in [3.8, 4) is 0 Å². The van der Waals surface area contributed by atoms with E-state index in [2.05, 4.69) is 42.5 Å². The van der Waals surface area contributed by atoms with Gasteiger partial charge in [0.1, 0.15) is 0 Å². The maximum Gasteiger partial charge on any atom is 0.315 e. The van der Waals surface area contributed by atoms with E-state index >= 15 is 0 Å². The predicted octanol–water partition coefficient (Wildman–Crippen LogP) is 3.94. The average Bonchev–Trinajstić information content (AvgIpc) is 3.13. The van der Waals surface area contributed by atoms with Crippen molar-refractivity contribution in [1.82, 2.24) is 9.80 Å². The van der Waals surface area contributed by atoms with Crippen molar-refractivity contribution in [2.75, 3.05) is 13.1 Å². The van der Waals surface area contributed by atoms with E-state index in [0.29, 0.717) is 13.1 Å². The fraction of sp³-hybridized carbons (Fsp3) is 0.333. The third-order valence-electron chi connectivity index (χ3n) is 5.90. The molecule has 2 heterocycles. The molecular weight excluding hydrogens is 362 g/mol. The van der Waals surface area contributed by atoms with Crippen LogP contribution in [0.5, 0.6) is 0 Å². The van der Waals surface area contributed by atoms with Crippen LogP contribution in [-0.4, -0.2) is 34.8 Å². The molecule has 1 unspecified atom stereocenters. The third kappa shape index (κ3) is 3.65. The summed E-state index contributed by atoms with van der Waals surface area (Å²) in [5.41, 5.74) is 11.4. The van der Waals surface area contributed by atoms with Crippen LogP contribution in [0.3, 0.4) is 0 Å². The van der Waals surface area contributed by atoms with Gasteiger partial charge in [0, 0.05) is 25.6 Å². The molecule has 0 spiro atoms. The molecule has 150 valence electrons. The summed E-state index contributed by atoms with van der Waals surface area (Å²) < 4.78 is 0. The second-order valence-corrected chi connectivity index (χ2v) is 8.11. The van der Waals surface area contributed by atoms with Gasteiger partial charge in [-0.3, -0.25) is 4.79 Å². The van der Waals surface area contributed by atoms with Crippen LogP contribution in [0.4, 0.5) is 4.79 Å². The quantitative estimate of drug-likeness (QED) is 0.864. The van der Waals surface area contributed by atoms with Gasteiger partial charge in [-0.05, 0) is 34.2 Å². The maximum atomic E-state index is 12.2. The second kappa shape index (κ2) is 7.74. The van der Waals surface area contributed by atoms with E-state index in [1.807, 2.05) is 30.9 Å². The summed E-state index contributed by atoms with van der Waals surface area (Å²) >= 11 is 0. The summed E-state index contributed by atoms with van der Waals surface area (Å²) in [6.07, 6.45) is 3.01. The molecule has 0 aliphatic carbocycles. The van der Waals surface area contributed by atoms with Gasteiger partial charge in [-0.15, -0.1) is 0 Å². The molecule has 29 heavy (non-hydrogen) atoms. The van der Waals surface area contributed by atoms with Crippen LogP contribution in [0.15, 0.2) is 54.6 Å². The summed E-state index contributed by atoms with van der Waals surface area (Å²) in [7, 11) is 0. The molecule has 5 heteroatoms. The number of urea groups is 1. The Kier molecular flexibility index (Phi) is 5.14. The van der Waals surface area contributed by atoms with Gasteiger partial charge in [0.25, 0.3) is 0 Å². The number of benzene rings is 2. The number of hydrogen-bond acceptors (Lipinski definition) is 2. The minimum atomic E-state index is -0.403. The number of hydrogen-bond donors (Lipinski definition) is 1. The van der Waals surface area contributed by atoms with Gasteiger partial charge in [0.05, 0.1) is 6.04 Å². The molecule has 2 N–H and O–H groups in total. The van der Waals surface area contributed by atoms with Crippen LogP contribution in [0.1, 0.15) is 48.6 Å². The molecule has 0 aromatic heterocycles. The minimum absolute atomic E-state index is 0.0340. The van der Waals surface area contributed by atoms with Crippen molar-refractivity contribution in [2.24, 2.45) is 11.7 Å². The molecule has 2 aliphatic rings. The van der Waals surface area contributed by atoms with Crippen LogP contribution in [-0.2, 0) is 11.3 Å². The smallest absolute Gasteiger partial charge is 0.315 e. The highest BCUT2D eigenvalue weighted by Gasteiger charge is 2.33. The van der Waals surface area contributed by atoms with Crippen molar-refractivity contribution < 1.29 is 9.59 Å². The lowest BCUT2D eigenvalue weighted by Crippen LogP contribution is -2.37. The Labute approximate surface area is 171 Å². The summed E-state index contributed by atoms with van der Waals surface area (Å²) in [4.78, 5) is 27.8. The molecule has 5 nitrogen and oxygen atoms in total. The minimum Gasteiger partial charge on any atom is -0.351 e. The zero-order chi connectivity index (χ0) is 20.5. The first kappa shape index (κ1) is 19.2. The highest BCUT2D eigenvalue weighted by Crippen LogP contribution is 2.38. The molecule has 2 aliphatic heterocycles. The normalized spacial score (nSPS) is 18.6. The number of nitrogens with two attached hydrogens (primary N) is 1. The summed E-state index contributed by atoms with van der Waals surface area (Å²) in [5.74, 6) is 0.244. The maximum absolute atomic E-state index is 12.2. The molecule has 0 radical (unpaired) electrons. The van der Waals surface area contributed by atoms with Crippen molar-refractivity contribution in [1.29, 1.82) is 0 Å². The number of fused-ring (bicyclic) bond motifs is 1. The summed E-state index contributed by atoms with van der Waals surface area (Å²) in [6, 6.07) is 16.0. The first-order chi connectivity index (χ1) is 14.0. The lowest BCUT2D eigenvalue weighted by atomic mass is 9.94. The molecule has 2 aromatic rings. The van der Waals surface area contributed by atoms with Crippen LogP contribution in [0.25, 0.3) is 5.57 Å². The zero-order valence-corrected chi connectivity index (χ0v) is 17.0. The molecular formula is C24H27N3O2. The van der Waals surface area contributed by atoms with Crippen LogP contribution >= 0.6 is 0 Å². The van der Waals surface area contributed by atoms with E-state index in [9.17, 15) is 9.59 Å². The van der Waals surface area contributed by atoms with E-state index in [1.165, 1.54) is 11.1 Å². The van der Waals surface area contributed by atoms with Gasteiger partial charge in [0.15, 0.2) is 0 Å². The van der Waals surface area contributed by atoms with E-state index in [-0.39, 0.29) is 17.9 Å². The van der Waals surface area contributed by atoms with Crippen LogP contribution < -0.4 is 5.73 Å². The number of primary amides is 1. The molecule has 3 amide bonds. The fourth-order valence-electron chi connectivity index (χ4n) is 4.33. The SMILES string of the molecule is CC(C)C(=O)N1CC=C(c2ccc(C3c4ccccc4CN3C(N)=O)cc2)CC1. The fourth-order valence-corrected chi connectivity index (χ4v) is 4.33. The van der Waals surface area contributed by atoms with Gasteiger partial charge in [-0.2, -0.15) is 0 Å². The lowest BCUT2D eigenvalue weighted by Gasteiger charge is -2.28. The number of amides is 3. The number of nitrogens with zero attached hydrogens (tertiary/aromatic N) is 2. The monoisotopic (exact) mass is 389 g/mol. The van der Waals surface area contributed by atoms with E-state index in [0.717, 1.165) is 29.7 Å². The lowest BCUT2D eigenvalue weighted by molar-refractivity contribution is -0.134. The van der Waals surface area contributed by atoms with Gasteiger partial charge in [-0.25, -0.2) is 4.79 Å². The van der Waals surface area contributed by atoms with Gasteiger partial charge in [-0.1, -0.05) is 68.5 Å². The highest BCUT2D eigenvalue weighted by atomic mass is 16.2. The molecule has 1 atom stereocenters. The van der Waals surface area contributed by atoms with Crippen LogP contribution in [0.2, 0.25) is 0 Å². The van der Waals surface area contributed by atoms with Crippen LogP contribution in [0, 0.1) is 5.92 Å². The topological polar surface area (TPSA) is 66.6 Å². The van der Waals surface area contributed by atoms with Crippen molar-refractivity contribution >= 4 is 17.5 Å². The molecule has 0 saturated heterocycles. The Morgan fingerprint density at radius 1 is 1.07 bits per heavy atom. The zero-order valence-electron chi connectivity index (χ0n) is 17.0. The largest absolute Gasteiger partial charge is 0.351 e. The van der Waals surface area contributed by atoms with Crippen molar-refractivity contribution in [3.63, 3.8) is 0 Å². The van der Waals surface area contributed by atoms with E-state index < -0.39 is 6.03 Å². The third-order valence-corrected chi connectivity index (χ3v) is 5.90. The standard InChI is InChI=1S/C24H27N3O2/c1-16(2)23(28)26-13-11-18(12-14-26)17-7-9-19(10-8-17)22-21-6-4-3-5-20(21)15-27(22)24(25)29/h3-11,16,22H,12-15H2,1-2H3,(H2,25,29). The van der Waals surface area contributed by atoms with Crippen molar-refractivity contribution in [2.45, 2.75) is 32.9 Å². The Bertz CT molecular complexity index is 962. The highest BCUT2D eigenvalue weighted by molar-refractivity contribution is 5.80. The number of rotatable bonds is 3. The Morgan fingerprint density at radius 3 is 2.41 bits per heavy atom. The van der Waals surface area contributed by atoms with E-state index in [4.69, 9.17) is 5.73 Å². The van der Waals surface area contributed by atoms with Crippen molar-refractivity contribution in [3.05, 3.63) is 76.9 Å². The molecule has 4 rings (SSSR count). The van der Waals surface area contributed by atoms with E-state index in [1.54, 1.807) is 4.90 Å².